The smallest absolute Gasteiger partial charge is 0.126 e. The van der Waals surface area contributed by atoms with Crippen LogP contribution in [0.15, 0.2) is 10.5 Å². The fraction of sp³-hybridized carbons (Fsp3) is 0.500. The molecule has 98 valence electrons. The Balaban J connectivity index is 2.28. The van der Waals surface area contributed by atoms with Crippen LogP contribution in [0.25, 0.3) is 0 Å². The van der Waals surface area contributed by atoms with E-state index in [1.54, 1.807) is 0 Å². The van der Waals surface area contributed by atoms with E-state index in [1.807, 2.05) is 17.7 Å². The van der Waals surface area contributed by atoms with E-state index < -0.39 is 0 Å². The molecule has 0 unspecified atom stereocenters. The molecule has 0 amide bonds. The van der Waals surface area contributed by atoms with Gasteiger partial charge in [0.2, 0.25) is 0 Å². The quantitative estimate of drug-likeness (QED) is 0.903. The van der Waals surface area contributed by atoms with Crippen LogP contribution in [-0.4, -0.2) is 9.78 Å². The fourth-order valence-corrected chi connectivity index (χ4v) is 2.42. The maximum atomic E-state index is 5.72. The van der Waals surface area contributed by atoms with Gasteiger partial charge >= 0.3 is 0 Å². The summed E-state index contributed by atoms with van der Waals surface area (Å²) >= 11 is 0. The first kappa shape index (κ1) is 12.9. The number of aromatic nitrogens is 2. The summed E-state index contributed by atoms with van der Waals surface area (Å²) in [7, 11) is 0. The van der Waals surface area contributed by atoms with Crippen molar-refractivity contribution in [2.75, 3.05) is 0 Å². The second kappa shape index (κ2) is 4.98. The molecule has 18 heavy (non-hydrogen) atoms. The number of aryl methyl sites for hydroxylation is 2. The number of furan rings is 1. The minimum atomic E-state index is 0.448. The molecule has 0 bridgehead atoms. The van der Waals surface area contributed by atoms with Gasteiger partial charge in [-0.2, -0.15) is 5.10 Å². The van der Waals surface area contributed by atoms with Gasteiger partial charge in [0.25, 0.3) is 0 Å². The lowest BCUT2D eigenvalue weighted by Gasteiger charge is -2.02. The number of nitrogens with two attached hydrogens (primary N) is 1. The van der Waals surface area contributed by atoms with Crippen molar-refractivity contribution >= 4 is 0 Å². The Bertz CT molecular complexity index is 552. The van der Waals surface area contributed by atoms with Crippen LogP contribution in [0.3, 0.4) is 0 Å². The highest BCUT2D eigenvalue weighted by Crippen LogP contribution is 2.18. The Morgan fingerprint density at radius 1 is 1.33 bits per heavy atom. The minimum Gasteiger partial charge on any atom is -0.462 e. The summed E-state index contributed by atoms with van der Waals surface area (Å²) in [5.41, 5.74) is 10.4. The third-order valence-electron chi connectivity index (χ3n) is 3.45. The molecule has 2 aromatic heterocycles. The molecule has 0 fully saturated rings. The van der Waals surface area contributed by atoms with Gasteiger partial charge in [-0.25, -0.2) is 0 Å². The predicted octanol–water partition coefficient (Wildman–Crippen LogP) is 2.47. The average Bonchev–Trinajstić information content (AvgIpc) is 2.81. The molecule has 0 saturated heterocycles. The highest BCUT2D eigenvalue weighted by atomic mass is 16.3. The summed E-state index contributed by atoms with van der Waals surface area (Å²) in [6.45, 7) is 9.47. The van der Waals surface area contributed by atoms with E-state index in [-0.39, 0.29) is 0 Å². The van der Waals surface area contributed by atoms with Gasteiger partial charge < -0.3 is 10.2 Å². The van der Waals surface area contributed by atoms with E-state index in [2.05, 4.69) is 25.9 Å². The van der Waals surface area contributed by atoms with E-state index in [0.29, 0.717) is 13.1 Å². The summed E-state index contributed by atoms with van der Waals surface area (Å²) in [5.74, 6) is 1.78. The standard InChI is InChI=1S/C14H21N3O/c1-5-13-10(3)16-17(11(13)4)8-12-6-9(2)14(7-15)18-12/h6H,5,7-8,15H2,1-4H3. The molecule has 0 aromatic carbocycles. The summed E-state index contributed by atoms with van der Waals surface area (Å²) in [6.07, 6.45) is 1.02. The van der Waals surface area contributed by atoms with Gasteiger partial charge in [0.1, 0.15) is 11.5 Å². The minimum absolute atomic E-state index is 0.448. The summed E-state index contributed by atoms with van der Waals surface area (Å²) in [6, 6.07) is 2.05. The molecule has 0 saturated carbocycles. The van der Waals surface area contributed by atoms with Crippen LogP contribution in [0, 0.1) is 20.8 Å². The Hall–Kier alpha value is -1.55. The first-order chi connectivity index (χ1) is 8.56. The van der Waals surface area contributed by atoms with Gasteiger partial charge in [-0.3, -0.25) is 4.68 Å². The van der Waals surface area contributed by atoms with Crippen molar-refractivity contribution in [3.8, 4) is 0 Å². The summed E-state index contributed by atoms with van der Waals surface area (Å²) in [4.78, 5) is 0. The Morgan fingerprint density at radius 2 is 2.06 bits per heavy atom. The van der Waals surface area contributed by atoms with Gasteiger partial charge in [0.05, 0.1) is 18.8 Å². The van der Waals surface area contributed by atoms with Crippen molar-refractivity contribution < 1.29 is 4.42 Å². The Kier molecular flexibility index (Phi) is 3.57. The lowest BCUT2D eigenvalue weighted by molar-refractivity contribution is 0.441. The topological polar surface area (TPSA) is 57.0 Å². The van der Waals surface area contributed by atoms with Crippen molar-refractivity contribution in [1.29, 1.82) is 0 Å². The van der Waals surface area contributed by atoms with Gasteiger partial charge in [0, 0.05) is 5.69 Å². The van der Waals surface area contributed by atoms with Crippen LogP contribution >= 0.6 is 0 Å². The predicted molar refractivity (Wildman–Crippen MR) is 71.5 cm³/mol. The molecular formula is C14H21N3O. The van der Waals surface area contributed by atoms with Crippen LogP contribution in [0.4, 0.5) is 0 Å². The fourth-order valence-electron chi connectivity index (χ4n) is 2.42. The van der Waals surface area contributed by atoms with Gasteiger partial charge in [-0.15, -0.1) is 0 Å². The highest BCUT2D eigenvalue weighted by Gasteiger charge is 2.12. The summed E-state index contributed by atoms with van der Waals surface area (Å²) in [5, 5.41) is 4.57. The van der Waals surface area contributed by atoms with E-state index in [4.69, 9.17) is 10.2 Å². The molecule has 4 nitrogen and oxygen atoms in total. The van der Waals surface area contributed by atoms with Crippen molar-refractivity contribution in [3.63, 3.8) is 0 Å². The molecule has 0 aliphatic rings. The van der Waals surface area contributed by atoms with Crippen LogP contribution in [0.5, 0.6) is 0 Å². The Labute approximate surface area is 108 Å². The molecule has 2 N–H and O–H groups in total. The van der Waals surface area contributed by atoms with Crippen molar-refractivity contribution in [1.82, 2.24) is 9.78 Å². The first-order valence-corrected chi connectivity index (χ1v) is 6.38. The molecule has 0 aliphatic heterocycles. The molecule has 2 aromatic rings. The molecule has 0 atom stereocenters. The largest absolute Gasteiger partial charge is 0.462 e. The second-order valence-electron chi connectivity index (χ2n) is 4.68. The maximum Gasteiger partial charge on any atom is 0.126 e. The van der Waals surface area contributed by atoms with Crippen LogP contribution < -0.4 is 5.73 Å². The number of rotatable bonds is 4. The van der Waals surface area contributed by atoms with Gasteiger partial charge in [-0.1, -0.05) is 6.92 Å². The molecule has 2 rings (SSSR count). The van der Waals surface area contributed by atoms with Crippen molar-refractivity contribution in [2.24, 2.45) is 5.73 Å². The molecule has 0 radical (unpaired) electrons. The zero-order chi connectivity index (χ0) is 13.3. The molecule has 0 aliphatic carbocycles. The van der Waals surface area contributed by atoms with Crippen molar-refractivity contribution in [3.05, 3.63) is 40.1 Å². The van der Waals surface area contributed by atoms with Crippen molar-refractivity contribution in [2.45, 2.75) is 47.2 Å². The maximum absolute atomic E-state index is 5.72. The monoisotopic (exact) mass is 247 g/mol. The highest BCUT2D eigenvalue weighted by molar-refractivity contribution is 5.26. The van der Waals surface area contributed by atoms with E-state index in [0.717, 1.165) is 29.2 Å². The van der Waals surface area contributed by atoms with E-state index in [1.165, 1.54) is 11.3 Å². The molecule has 0 spiro atoms. The zero-order valence-corrected chi connectivity index (χ0v) is 11.6. The summed E-state index contributed by atoms with van der Waals surface area (Å²) < 4.78 is 7.73. The number of nitrogens with zero attached hydrogens (tertiary/aromatic N) is 2. The SMILES string of the molecule is CCc1c(C)nn(Cc2cc(C)c(CN)o2)c1C. The number of hydrogen-bond donors (Lipinski definition) is 1. The molecule has 2 heterocycles. The van der Waals surface area contributed by atoms with Crippen LogP contribution in [0.2, 0.25) is 0 Å². The first-order valence-electron chi connectivity index (χ1n) is 6.38. The zero-order valence-electron chi connectivity index (χ0n) is 11.6. The average molecular weight is 247 g/mol. The lowest BCUT2D eigenvalue weighted by Crippen LogP contribution is -2.03. The third kappa shape index (κ3) is 2.20. The lowest BCUT2D eigenvalue weighted by atomic mass is 10.1. The second-order valence-corrected chi connectivity index (χ2v) is 4.68. The molecular weight excluding hydrogens is 226 g/mol. The normalized spacial score (nSPS) is 11.2. The third-order valence-corrected chi connectivity index (χ3v) is 3.45. The van der Waals surface area contributed by atoms with Crippen LogP contribution in [0.1, 0.15) is 41.0 Å². The van der Waals surface area contributed by atoms with Crippen LogP contribution in [-0.2, 0) is 19.5 Å². The van der Waals surface area contributed by atoms with Gasteiger partial charge in [-0.05, 0) is 44.4 Å². The van der Waals surface area contributed by atoms with Gasteiger partial charge in [0.15, 0.2) is 0 Å². The molecule has 4 heteroatoms. The number of hydrogen-bond acceptors (Lipinski definition) is 3. The Morgan fingerprint density at radius 3 is 2.56 bits per heavy atom. The van der Waals surface area contributed by atoms with E-state index in [9.17, 15) is 0 Å². The van der Waals surface area contributed by atoms with E-state index >= 15 is 0 Å².